The summed E-state index contributed by atoms with van der Waals surface area (Å²) < 4.78 is 5.53. The Morgan fingerprint density at radius 3 is 2.83 bits per heavy atom. The van der Waals surface area contributed by atoms with Crippen LogP contribution in [0.4, 0.5) is 0 Å². The van der Waals surface area contributed by atoms with E-state index in [-0.39, 0.29) is 17.9 Å². The molecule has 3 rings (SSSR count). The first-order chi connectivity index (χ1) is 14.5. The van der Waals surface area contributed by atoms with Crippen molar-refractivity contribution in [3.63, 3.8) is 0 Å². The van der Waals surface area contributed by atoms with E-state index in [1.165, 1.54) is 0 Å². The highest BCUT2D eigenvalue weighted by Gasteiger charge is 2.29. The summed E-state index contributed by atoms with van der Waals surface area (Å²) in [6.07, 6.45) is 2.94. The minimum atomic E-state index is -0.443. The molecule has 160 valence electrons. The largest absolute Gasteiger partial charge is 0.478 e. The van der Waals surface area contributed by atoms with E-state index in [1.807, 2.05) is 38.1 Å². The Morgan fingerprint density at radius 1 is 1.30 bits per heavy atom. The number of benzene rings is 1. The molecule has 7 nitrogen and oxygen atoms in total. The lowest BCUT2D eigenvalue weighted by atomic mass is 9.99. The number of rotatable bonds is 8. The fourth-order valence-corrected chi connectivity index (χ4v) is 3.46. The summed E-state index contributed by atoms with van der Waals surface area (Å²) in [5.74, 6) is 0.479. The summed E-state index contributed by atoms with van der Waals surface area (Å²) in [5, 5.41) is 9.78. The van der Waals surface area contributed by atoms with Crippen LogP contribution in [-0.4, -0.2) is 23.4 Å². The number of ether oxygens (including phenoxy) is 1. The number of hydrogen-bond donors (Lipinski definition) is 3. The van der Waals surface area contributed by atoms with E-state index in [2.05, 4.69) is 20.9 Å². The molecule has 2 atom stereocenters. The summed E-state index contributed by atoms with van der Waals surface area (Å²) in [6.45, 7) is 4.87. The first-order valence-corrected chi connectivity index (χ1v) is 10.6. The fourth-order valence-electron chi connectivity index (χ4n) is 3.23. The molecule has 0 aliphatic carbocycles. The third-order valence-electron chi connectivity index (χ3n) is 4.86. The van der Waals surface area contributed by atoms with E-state index in [1.54, 1.807) is 12.3 Å². The van der Waals surface area contributed by atoms with Crippen molar-refractivity contribution in [3.05, 3.63) is 58.2 Å². The van der Waals surface area contributed by atoms with Gasteiger partial charge in [-0.15, -0.1) is 0 Å². The van der Waals surface area contributed by atoms with E-state index < -0.39 is 6.17 Å². The molecule has 1 fully saturated rings. The van der Waals surface area contributed by atoms with Crippen molar-refractivity contribution in [3.8, 4) is 5.88 Å². The van der Waals surface area contributed by atoms with Crippen LogP contribution >= 0.6 is 11.6 Å². The summed E-state index contributed by atoms with van der Waals surface area (Å²) in [7, 11) is 0. The predicted molar refractivity (Wildman–Crippen MR) is 115 cm³/mol. The van der Waals surface area contributed by atoms with Gasteiger partial charge in [-0.2, -0.15) is 0 Å². The van der Waals surface area contributed by atoms with Crippen LogP contribution in [0.15, 0.2) is 36.5 Å². The van der Waals surface area contributed by atoms with Crippen LogP contribution in [0.3, 0.4) is 0 Å². The van der Waals surface area contributed by atoms with Crippen LogP contribution in [0, 0.1) is 0 Å². The molecule has 1 saturated heterocycles. The first-order valence-electron chi connectivity index (χ1n) is 10.2. The summed E-state index contributed by atoms with van der Waals surface area (Å²) in [4.78, 5) is 28.3. The molecule has 1 aromatic carbocycles. The molecule has 3 N–H and O–H groups in total. The molecule has 0 saturated carbocycles. The number of carbonyl (C=O) groups is 2. The predicted octanol–water partition coefficient (Wildman–Crippen LogP) is 3.40. The number of nitrogens with one attached hydrogen (secondary N) is 3. The Hall–Kier alpha value is -2.64. The van der Waals surface area contributed by atoms with Gasteiger partial charge in [0.05, 0.1) is 6.61 Å². The third kappa shape index (κ3) is 5.70. The molecule has 0 radical (unpaired) electrons. The molecule has 1 aliphatic heterocycles. The Bertz CT molecular complexity index is 888. The van der Waals surface area contributed by atoms with Gasteiger partial charge < -0.3 is 15.4 Å². The zero-order valence-electron chi connectivity index (χ0n) is 17.2. The smallest absolute Gasteiger partial charge is 0.223 e. The van der Waals surface area contributed by atoms with Crippen molar-refractivity contribution in [1.82, 2.24) is 20.9 Å². The van der Waals surface area contributed by atoms with Crippen LogP contribution in [-0.2, 0) is 16.1 Å². The molecule has 2 amide bonds. The number of carbonyl (C=O) groups excluding carboxylic acids is 2. The lowest BCUT2D eigenvalue weighted by Gasteiger charge is -2.32. The second-order valence-electron chi connectivity index (χ2n) is 7.19. The van der Waals surface area contributed by atoms with E-state index >= 15 is 0 Å². The maximum Gasteiger partial charge on any atom is 0.223 e. The SMILES string of the molecule is CCCOc1ccc(C2CC(=O)NC(c3cc(CNC(=O)CC)ccc3Cl)N2)cn1. The number of aromatic nitrogens is 1. The molecule has 0 spiro atoms. The van der Waals surface area contributed by atoms with Crippen molar-refractivity contribution < 1.29 is 14.3 Å². The van der Waals surface area contributed by atoms with E-state index in [9.17, 15) is 9.59 Å². The molecule has 30 heavy (non-hydrogen) atoms. The van der Waals surface area contributed by atoms with Crippen molar-refractivity contribution >= 4 is 23.4 Å². The van der Waals surface area contributed by atoms with Crippen LogP contribution in [0.1, 0.15) is 62.0 Å². The Labute approximate surface area is 181 Å². The highest BCUT2D eigenvalue weighted by Crippen LogP contribution is 2.30. The zero-order chi connectivity index (χ0) is 21.5. The molecule has 1 aromatic heterocycles. The molecule has 1 aliphatic rings. The quantitative estimate of drug-likeness (QED) is 0.597. The third-order valence-corrected chi connectivity index (χ3v) is 5.20. The minimum Gasteiger partial charge on any atom is -0.478 e. The van der Waals surface area contributed by atoms with Crippen LogP contribution in [0.5, 0.6) is 5.88 Å². The van der Waals surface area contributed by atoms with Gasteiger partial charge in [0, 0.05) is 48.3 Å². The average Bonchev–Trinajstić information content (AvgIpc) is 2.76. The summed E-state index contributed by atoms with van der Waals surface area (Å²) in [6, 6.07) is 9.09. The van der Waals surface area contributed by atoms with Crippen LogP contribution in [0.25, 0.3) is 0 Å². The van der Waals surface area contributed by atoms with E-state index in [0.717, 1.165) is 23.1 Å². The van der Waals surface area contributed by atoms with Crippen molar-refractivity contribution in [2.24, 2.45) is 0 Å². The summed E-state index contributed by atoms with van der Waals surface area (Å²) >= 11 is 6.42. The molecule has 0 bridgehead atoms. The van der Waals surface area contributed by atoms with Gasteiger partial charge in [-0.05, 0) is 29.7 Å². The number of pyridine rings is 1. The molecule has 2 aromatic rings. The lowest BCUT2D eigenvalue weighted by Crippen LogP contribution is -2.46. The highest BCUT2D eigenvalue weighted by atomic mass is 35.5. The molecule has 2 unspecified atom stereocenters. The van der Waals surface area contributed by atoms with Crippen LogP contribution in [0.2, 0.25) is 5.02 Å². The Balaban J connectivity index is 1.75. The highest BCUT2D eigenvalue weighted by molar-refractivity contribution is 6.31. The number of hydrogen-bond acceptors (Lipinski definition) is 5. The van der Waals surface area contributed by atoms with Gasteiger partial charge in [0.2, 0.25) is 17.7 Å². The monoisotopic (exact) mass is 430 g/mol. The van der Waals surface area contributed by atoms with Gasteiger partial charge in [0.15, 0.2) is 0 Å². The normalized spacial score (nSPS) is 18.6. The van der Waals surface area contributed by atoms with Gasteiger partial charge in [-0.25, -0.2) is 4.98 Å². The van der Waals surface area contributed by atoms with Gasteiger partial charge in [-0.1, -0.05) is 37.6 Å². The maximum absolute atomic E-state index is 12.4. The molecule has 2 heterocycles. The minimum absolute atomic E-state index is 0.0190. The van der Waals surface area contributed by atoms with Gasteiger partial charge in [0.1, 0.15) is 6.17 Å². The molecular weight excluding hydrogens is 404 g/mol. The van der Waals surface area contributed by atoms with Crippen molar-refractivity contribution in [1.29, 1.82) is 0 Å². The first kappa shape index (κ1) is 22.1. The number of amides is 2. The second kappa shape index (κ2) is 10.4. The zero-order valence-corrected chi connectivity index (χ0v) is 18.0. The lowest BCUT2D eigenvalue weighted by molar-refractivity contribution is -0.124. The van der Waals surface area contributed by atoms with Gasteiger partial charge >= 0.3 is 0 Å². The standard InChI is InChI=1S/C22H27ClN4O3/c1-3-9-30-21-8-6-15(13-25-21)18-11-20(29)27-22(26-18)16-10-14(5-7-17(16)23)12-24-19(28)4-2/h5-8,10,13,18,22,26H,3-4,9,11-12H2,1-2H3,(H,24,28)(H,27,29). The Kier molecular flexibility index (Phi) is 7.65. The summed E-state index contributed by atoms with van der Waals surface area (Å²) in [5.41, 5.74) is 2.57. The number of nitrogens with zero attached hydrogens (tertiary/aromatic N) is 1. The molecular formula is C22H27ClN4O3. The average molecular weight is 431 g/mol. The van der Waals surface area contributed by atoms with Crippen molar-refractivity contribution in [2.45, 2.75) is 51.9 Å². The maximum atomic E-state index is 12.4. The van der Waals surface area contributed by atoms with Gasteiger partial charge in [-0.3, -0.25) is 14.9 Å². The second-order valence-corrected chi connectivity index (χ2v) is 7.60. The topological polar surface area (TPSA) is 92.4 Å². The van der Waals surface area contributed by atoms with E-state index in [4.69, 9.17) is 16.3 Å². The molecule has 8 heteroatoms. The van der Waals surface area contributed by atoms with Crippen molar-refractivity contribution in [2.75, 3.05) is 6.61 Å². The number of halogens is 1. The fraction of sp³-hybridized carbons (Fsp3) is 0.409. The van der Waals surface area contributed by atoms with Gasteiger partial charge in [0.25, 0.3) is 0 Å². The Morgan fingerprint density at radius 2 is 2.13 bits per heavy atom. The van der Waals surface area contributed by atoms with E-state index in [0.29, 0.717) is 36.9 Å². The van der Waals surface area contributed by atoms with Crippen LogP contribution < -0.4 is 20.7 Å².